The highest BCUT2D eigenvalue weighted by Crippen LogP contribution is 2.50. The third-order valence-corrected chi connectivity index (χ3v) is 13.4. The largest absolute Gasteiger partial charge is 0.455 e. The van der Waals surface area contributed by atoms with Gasteiger partial charge < -0.3 is 9.32 Å². The molecule has 0 amide bonds. The van der Waals surface area contributed by atoms with E-state index in [4.69, 9.17) is 4.42 Å². The molecule has 0 aliphatic carbocycles. The van der Waals surface area contributed by atoms with Crippen molar-refractivity contribution in [2.24, 2.45) is 0 Å². The van der Waals surface area contributed by atoms with E-state index in [0.717, 1.165) is 72.4 Å². The van der Waals surface area contributed by atoms with E-state index in [9.17, 15) is 0 Å². The van der Waals surface area contributed by atoms with Gasteiger partial charge in [-0.3, -0.25) is 0 Å². The van der Waals surface area contributed by atoms with Crippen LogP contribution in [0.1, 0.15) is 0 Å². The minimum atomic E-state index is 0.857. The third-order valence-electron chi connectivity index (χ3n) is 12.3. The number of anilines is 3. The molecule has 2 heterocycles. The molecule has 0 fully saturated rings. The van der Waals surface area contributed by atoms with Gasteiger partial charge in [0.1, 0.15) is 11.2 Å². The van der Waals surface area contributed by atoms with Crippen LogP contribution in [0.4, 0.5) is 17.1 Å². The van der Waals surface area contributed by atoms with Crippen molar-refractivity contribution in [2.75, 3.05) is 4.90 Å². The van der Waals surface area contributed by atoms with Gasteiger partial charge in [0.05, 0.1) is 16.8 Å². The summed E-state index contributed by atoms with van der Waals surface area (Å²) >= 11 is 1.85. The Morgan fingerprint density at radius 1 is 0.317 bits per heavy atom. The number of furan rings is 1. The molecule has 2 aromatic heterocycles. The molecule has 0 aliphatic heterocycles. The molecule has 63 heavy (non-hydrogen) atoms. The predicted molar refractivity (Wildman–Crippen MR) is 268 cm³/mol. The first-order valence-corrected chi connectivity index (χ1v) is 22.2. The van der Waals surface area contributed by atoms with Gasteiger partial charge in [-0.1, -0.05) is 182 Å². The Hall–Kier alpha value is -7.98. The molecule has 10 aromatic carbocycles. The Kier molecular flexibility index (Phi) is 9.06. The average Bonchev–Trinajstić information content (AvgIpc) is 3.94. The first-order chi connectivity index (χ1) is 31.2. The zero-order valence-electron chi connectivity index (χ0n) is 34.3. The van der Waals surface area contributed by atoms with E-state index in [0.29, 0.717) is 0 Å². The minimum Gasteiger partial charge on any atom is -0.455 e. The number of fused-ring (bicyclic) bond motifs is 6. The van der Waals surface area contributed by atoms with Gasteiger partial charge in [0, 0.05) is 36.8 Å². The van der Waals surface area contributed by atoms with Crippen molar-refractivity contribution in [1.29, 1.82) is 0 Å². The molecule has 0 bridgehead atoms. The average molecular weight is 822 g/mol. The SMILES string of the molecule is c1ccc(-c2ccc(-c3cccc(N(c4cccc5sc6cc(-c7ccccc7)ccc6c45)c4ccc(-c5ccccc5)c5oc6cc(-c7ccccc7)ccc6c45)c3)cc2)cc1. The first kappa shape index (κ1) is 36.8. The van der Waals surface area contributed by atoms with Gasteiger partial charge in [0.25, 0.3) is 0 Å². The second-order valence-electron chi connectivity index (χ2n) is 16.0. The summed E-state index contributed by atoms with van der Waals surface area (Å²) in [5.74, 6) is 0. The Morgan fingerprint density at radius 2 is 0.810 bits per heavy atom. The second kappa shape index (κ2) is 15.5. The molecule has 296 valence electrons. The molecular formula is C60H39NOS. The summed E-state index contributed by atoms with van der Waals surface area (Å²) in [7, 11) is 0. The zero-order chi connectivity index (χ0) is 41.7. The summed E-state index contributed by atoms with van der Waals surface area (Å²) in [6, 6.07) is 85.2. The van der Waals surface area contributed by atoms with Crippen LogP contribution in [-0.4, -0.2) is 0 Å². The van der Waals surface area contributed by atoms with Crippen LogP contribution in [0, 0.1) is 0 Å². The summed E-state index contributed by atoms with van der Waals surface area (Å²) < 4.78 is 9.58. The van der Waals surface area contributed by atoms with Gasteiger partial charge in [-0.25, -0.2) is 0 Å². The molecule has 0 saturated carbocycles. The lowest BCUT2D eigenvalue weighted by molar-refractivity contribution is 0.670. The number of nitrogens with zero attached hydrogens (tertiary/aromatic N) is 1. The minimum absolute atomic E-state index is 0.857. The van der Waals surface area contributed by atoms with E-state index < -0.39 is 0 Å². The van der Waals surface area contributed by atoms with E-state index in [1.807, 2.05) is 11.3 Å². The van der Waals surface area contributed by atoms with Gasteiger partial charge in [0.15, 0.2) is 0 Å². The lowest BCUT2D eigenvalue weighted by Crippen LogP contribution is -2.11. The maximum atomic E-state index is 7.08. The van der Waals surface area contributed by atoms with Crippen molar-refractivity contribution in [3.8, 4) is 55.6 Å². The maximum Gasteiger partial charge on any atom is 0.145 e. The third kappa shape index (κ3) is 6.58. The number of rotatable bonds is 8. The van der Waals surface area contributed by atoms with Crippen molar-refractivity contribution in [2.45, 2.75) is 0 Å². The Balaban J connectivity index is 1.11. The van der Waals surface area contributed by atoms with E-state index in [1.54, 1.807) is 0 Å². The molecule has 12 rings (SSSR count). The molecule has 0 N–H and O–H groups in total. The number of hydrogen-bond donors (Lipinski definition) is 0. The van der Waals surface area contributed by atoms with Crippen LogP contribution in [0.3, 0.4) is 0 Å². The van der Waals surface area contributed by atoms with Gasteiger partial charge in [0.2, 0.25) is 0 Å². The number of hydrogen-bond acceptors (Lipinski definition) is 3. The summed E-state index contributed by atoms with van der Waals surface area (Å²) in [5.41, 5.74) is 16.6. The Bertz CT molecular complexity index is 3590. The molecule has 3 heteroatoms. The van der Waals surface area contributed by atoms with E-state index >= 15 is 0 Å². The van der Waals surface area contributed by atoms with E-state index in [-0.39, 0.29) is 0 Å². The molecule has 0 spiro atoms. The maximum absolute atomic E-state index is 7.08. The van der Waals surface area contributed by atoms with Crippen LogP contribution in [0.25, 0.3) is 97.7 Å². The lowest BCUT2D eigenvalue weighted by Gasteiger charge is -2.28. The standard InChI is InChI=1S/C60H39NOS/c1-5-15-40(16-6-1)43-27-29-44(30-28-43)46-23-13-24-49(37-46)61(53-25-14-26-56-58(53)52-34-32-48(39-57(52)63-56)42-19-9-3-10-20-42)54-36-35-50(45-21-11-4-12-22-45)60-59(54)51-33-31-47(38-55(51)62-60)41-17-7-2-8-18-41/h1-39H. The first-order valence-electron chi connectivity index (χ1n) is 21.4. The van der Waals surface area contributed by atoms with Crippen molar-refractivity contribution < 1.29 is 4.42 Å². The molecule has 0 saturated heterocycles. The normalized spacial score (nSPS) is 11.5. The predicted octanol–water partition coefficient (Wildman–Crippen LogP) is 17.8. The van der Waals surface area contributed by atoms with Crippen LogP contribution in [0.2, 0.25) is 0 Å². The molecule has 0 atom stereocenters. The number of benzene rings is 10. The lowest BCUT2D eigenvalue weighted by atomic mass is 9.97. The van der Waals surface area contributed by atoms with Crippen LogP contribution >= 0.6 is 11.3 Å². The molecule has 0 radical (unpaired) electrons. The summed E-state index contributed by atoms with van der Waals surface area (Å²) in [6.07, 6.45) is 0. The van der Waals surface area contributed by atoms with Gasteiger partial charge in [-0.2, -0.15) is 0 Å². The van der Waals surface area contributed by atoms with Crippen LogP contribution in [-0.2, 0) is 0 Å². The zero-order valence-corrected chi connectivity index (χ0v) is 35.1. The fourth-order valence-corrected chi connectivity index (χ4v) is 10.4. The second-order valence-corrected chi connectivity index (χ2v) is 17.1. The van der Waals surface area contributed by atoms with Crippen LogP contribution < -0.4 is 4.90 Å². The fraction of sp³-hybridized carbons (Fsp3) is 0. The Labute approximate surface area is 370 Å². The topological polar surface area (TPSA) is 16.4 Å². The monoisotopic (exact) mass is 821 g/mol. The van der Waals surface area contributed by atoms with Gasteiger partial charge in [-0.15, -0.1) is 11.3 Å². The van der Waals surface area contributed by atoms with Crippen LogP contribution in [0.5, 0.6) is 0 Å². The van der Waals surface area contributed by atoms with Crippen LogP contribution in [0.15, 0.2) is 241 Å². The van der Waals surface area contributed by atoms with Gasteiger partial charge in [-0.05, 0) is 105 Å². The highest BCUT2D eigenvalue weighted by Gasteiger charge is 2.25. The highest BCUT2D eigenvalue weighted by atomic mass is 32.1. The molecule has 0 unspecified atom stereocenters. The van der Waals surface area contributed by atoms with Crippen molar-refractivity contribution in [3.63, 3.8) is 0 Å². The highest BCUT2D eigenvalue weighted by molar-refractivity contribution is 7.26. The van der Waals surface area contributed by atoms with Gasteiger partial charge >= 0.3 is 0 Å². The van der Waals surface area contributed by atoms with E-state index in [1.165, 1.54) is 42.4 Å². The summed E-state index contributed by atoms with van der Waals surface area (Å²) in [4.78, 5) is 2.47. The summed E-state index contributed by atoms with van der Waals surface area (Å²) in [6.45, 7) is 0. The summed E-state index contributed by atoms with van der Waals surface area (Å²) in [5, 5.41) is 4.62. The molecular weight excluding hydrogens is 783 g/mol. The molecule has 0 aliphatic rings. The molecule has 12 aromatic rings. The van der Waals surface area contributed by atoms with E-state index in [2.05, 4.69) is 241 Å². The fourth-order valence-electron chi connectivity index (χ4n) is 9.23. The molecule has 2 nitrogen and oxygen atoms in total. The Morgan fingerprint density at radius 3 is 1.48 bits per heavy atom. The quantitative estimate of drug-likeness (QED) is 0.152. The van der Waals surface area contributed by atoms with Crippen molar-refractivity contribution in [1.82, 2.24) is 0 Å². The smallest absolute Gasteiger partial charge is 0.145 e. The number of thiophene rings is 1. The van der Waals surface area contributed by atoms with Crippen molar-refractivity contribution in [3.05, 3.63) is 237 Å². The van der Waals surface area contributed by atoms with Crippen molar-refractivity contribution >= 4 is 70.5 Å².